The predicted octanol–water partition coefficient (Wildman–Crippen LogP) is 3.41. The third-order valence-corrected chi connectivity index (χ3v) is 6.95. The van der Waals surface area contributed by atoms with Crippen molar-refractivity contribution in [1.82, 2.24) is 9.88 Å². The lowest BCUT2D eigenvalue weighted by Gasteiger charge is -2.21. The summed E-state index contributed by atoms with van der Waals surface area (Å²) in [5, 5.41) is 3.35. The Morgan fingerprint density at radius 2 is 2.23 bits per heavy atom. The molecule has 1 aromatic heterocycles. The first-order chi connectivity index (χ1) is 12.4. The SMILES string of the molecule is Cc1nc(NC(=O)N2CCS(=O)CC(C)C2)sc1Cc1ccccc1F. The zero-order chi connectivity index (χ0) is 18.7. The molecule has 1 aromatic carbocycles. The molecule has 3 rings (SSSR count). The van der Waals surface area contributed by atoms with Crippen LogP contribution in [0.5, 0.6) is 0 Å². The fourth-order valence-corrected chi connectivity index (χ4v) is 5.25. The minimum atomic E-state index is -0.866. The summed E-state index contributed by atoms with van der Waals surface area (Å²) in [7, 11) is -0.866. The molecule has 1 N–H and O–H groups in total. The lowest BCUT2D eigenvalue weighted by atomic mass is 10.1. The summed E-state index contributed by atoms with van der Waals surface area (Å²) in [4.78, 5) is 19.6. The molecular formula is C18H22FN3O2S2. The van der Waals surface area contributed by atoms with E-state index in [0.717, 1.165) is 10.6 Å². The number of hydrogen-bond acceptors (Lipinski definition) is 4. The molecule has 0 bridgehead atoms. The van der Waals surface area contributed by atoms with E-state index >= 15 is 0 Å². The second kappa shape index (κ2) is 8.26. The lowest BCUT2D eigenvalue weighted by Crippen LogP contribution is -2.38. The monoisotopic (exact) mass is 395 g/mol. The van der Waals surface area contributed by atoms with Crippen molar-refractivity contribution in [2.75, 3.05) is 29.9 Å². The topological polar surface area (TPSA) is 62.3 Å². The Hall–Kier alpha value is -1.80. The second-order valence-corrected chi connectivity index (χ2v) is 9.29. The first kappa shape index (κ1) is 19.0. The zero-order valence-corrected chi connectivity index (χ0v) is 16.5. The lowest BCUT2D eigenvalue weighted by molar-refractivity contribution is 0.210. The van der Waals surface area contributed by atoms with Gasteiger partial charge in [-0.1, -0.05) is 25.1 Å². The molecule has 2 amide bonds. The third-order valence-electron chi connectivity index (χ3n) is 4.29. The number of nitrogens with one attached hydrogen (secondary N) is 1. The standard InChI is InChI=1S/C18H22FN3O2S2/c1-12-10-22(7-8-26(24)11-12)18(23)21-17-20-13(2)16(25-17)9-14-5-3-4-6-15(14)19/h3-6,12H,7-11H2,1-2H3,(H,20,21,23). The number of rotatable bonds is 3. The van der Waals surface area contributed by atoms with E-state index in [4.69, 9.17) is 0 Å². The first-order valence-corrected chi connectivity index (χ1v) is 10.8. The van der Waals surface area contributed by atoms with Crippen LogP contribution in [-0.4, -0.2) is 44.7 Å². The molecule has 140 valence electrons. The van der Waals surface area contributed by atoms with Gasteiger partial charge in [-0.2, -0.15) is 0 Å². The molecule has 2 heterocycles. The van der Waals surface area contributed by atoms with E-state index in [9.17, 15) is 13.4 Å². The maximum absolute atomic E-state index is 13.9. The van der Waals surface area contributed by atoms with Crippen LogP contribution in [0.25, 0.3) is 0 Å². The van der Waals surface area contributed by atoms with E-state index in [0.29, 0.717) is 41.7 Å². The number of amides is 2. The first-order valence-electron chi connectivity index (χ1n) is 8.53. The van der Waals surface area contributed by atoms with Crippen molar-refractivity contribution in [3.63, 3.8) is 0 Å². The van der Waals surface area contributed by atoms with E-state index in [-0.39, 0.29) is 17.8 Å². The molecule has 2 atom stereocenters. The van der Waals surface area contributed by atoms with Crippen LogP contribution in [0.15, 0.2) is 24.3 Å². The number of anilines is 1. The number of aryl methyl sites for hydroxylation is 1. The number of thiazole rings is 1. The highest BCUT2D eigenvalue weighted by Crippen LogP contribution is 2.26. The van der Waals surface area contributed by atoms with Gasteiger partial charge in [-0.15, -0.1) is 11.3 Å². The summed E-state index contributed by atoms with van der Waals surface area (Å²) in [6, 6.07) is 6.45. The van der Waals surface area contributed by atoms with Gasteiger partial charge in [-0.3, -0.25) is 9.53 Å². The molecule has 0 saturated carbocycles. The Bertz CT molecular complexity index is 825. The summed E-state index contributed by atoms with van der Waals surface area (Å²) in [5.74, 6) is 1.11. The van der Waals surface area contributed by atoms with Gasteiger partial charge in [0.05, 0.1) is 5.69 Å². The molecule has 2 aromatic rings. The van der Waals surface area contributed by atoms with Gasteiger partial charge < -0.3 is 4.90 Å². The van der Waals surface area contributed by atoms with Crippen LogP contribution in [-0.2, 0) is 17.2 Å². The molecule has 2 unspecified atom stereocenters. The van der Waals surface area contributed by atoms with Crippen LogP contribution in [0.3, 0.4) is 0 Å². The highest BCUT2D eigenvalue weighted by Gasteiger charge is 2.23. The van der Waals surface area contributed by atoms with Crippen LogP contribution in [0.2, 0.25) is 0 Å². The van der Waals surface area contributed by atoms with E-state index < -0.39 is 10.8 Å². The third kappa shape index (κ3) is 4.67. The molecule has 1 fully saturated rings. The summed E-state index contributed by atoms with van der Waals surface area (Å²) in [5.41, 5.74) is 1.40. The van der Waals surface area contributed by atoms with E-state index in [1.807, 2.05) is 19.9 Å². The van der Waals surface area contributed by atoms with E-state index in [2.05, 4.69) is 10.3 Å². The minimum Gasteiger partial charge on any atom is -0.323 e. The van der Waals surface area contributed by atoms with Gasteiger partial charge in [0.15, 0.2) is 5.13 Å². The molecule has 26 heavy (non-hydrogen) atoms. The van der Waals surface area contributed by atoms with Crippen molar-refractivity contribution in [3.8, 4) is 0 Å². The van der Waals surface area contributed by atoms with Gasteiger partial charge in [0, 0.05) is 46.7 Å². The summed E-state index contributed by atoms with van der Waals surface area (Å²) >= 11 is 1.37. The number of hydrogen-bond donors (Lipinski definition) is 1. The average molecular weight is 396 g/mol. The number of nitrogens with zero attached hydrogens (tertiary/aromatic N) is 2. The van der Waals surface area contributed by atoms with Gasteiger partial charge in [-0.25, -0.2) is 14.2 Å². The number of aromatic nitrogens is 1. The van der Waals surface area contributed by atoms with Crippen LogP contribution in [0.4, 0.5) is 14.3 Å². The normalized spacial score (nSPS) is 20.7. The fraction of sp³-hybridized carbons (Fsp3) is 0.444. The maximum Gasteiger partial charge on any atom is 0.323 e. The Morgan fingerprint density at radius 1 is 1.46 bits per heavy atom. The predicted molar refractivity (Wildman–Crippen MR) is 104 cm³/mol. The maximum atomic E-state index is 13.9. The highest BCUT2D eigenvalue weighted by atomic mass is 32.2. The van der Waals surface area contributed by atoms with Gasteiger partial charge in [0.1, 0.15) is 5.82 Å². The second-order valence-electron chi connectivity index (χ2n) is 6.59. The Morgan fingerprint density at radius 3 is 3.00 bits per heavy atom. The number of halogens is 1. The molecule has 1 aliphatic rings. The van der Waals surface area contributed by atoms with Gasteiger partial charge >= 0.3 is 6.03 Å². The molecular weight excluding hydrogens is 373 g/mol. The molecule has 5 nitrogen and oxygen atoms in total. The molecule has 1 saturated heterocycles. The molecule has 1 aliphatic heterocycles. The minimum absolute atomic E-state index is 0.207. The summed E-state index contributed by atoms with van der Waals surface area (Å²) in [6.45, 7) is 4.93. The Labute approximate surface area is 159 Å². The number of benzene rings is 1. The number of carbonyl (C=O) groups excluding carboxylic acids is 1. The molecule has 0 aliphatic carbocycles. The molecule has 0 spiro atoms. The Kier molecular flexibility index (Phi) is 6.03. The van der Waals surface area contributed by atoms with Gasteiger partial charge in [0.25, 0.3) is 0 Å². The van der Waals surface area contributed by atoms with E-state index in [1.165, 1.54) is 17.4 Å². The molecule has 8 heteroatoms. The van der Waals surface area contributed by atoms with Crippen molar-refractivity contribution in [2.45, 2.75) is 20.3 Å². The van der Waals surface area contributed by atoms with Crippen LogP contribution < -0.4 is 5.32 Å². The number of urea groups is 1. The average Bonchev–Trinajstić information content (AvgIpc) is 2.81. The van der Waals surface area contributed by atoms with Crippen molar-refractivity contribution < 1.29 is 13.4 Å². The largest absolute Gasteiger partial charge is 0.323 e. The van der Waals surface area contributed by atoms with Crippen molar-refractivity contribution in [2.24, 2.45) is 5.92 Å². The fourth-order valence-electron chi connectivity index (χ4n) is 2.95. The summed E-state index contributed by atoms with van der Waals surface area (Å²) in [6.07, 6.45) is 0.450. The number of carbonyl (C=O) groups is 1. The van der Waals surface area contributed by atoms with Gasteiger partial charge in [-0.05, 0) is 24.5 Å². The summed E-state index contributed by atoms with van der Waals surface area (Å²) < 4.78 is 25.6. The van der Waals surface area contributed by atoms with E-state index in [1.54, 1.807) is 17.0 Å². The van der Waals surface area contributed by atoms with Gasteiger partial charge in [0.2, 0.25) is 0 Å². The van der Waals surface area contributed by atoms with Crippen molar-refractivity contribution in [3.05, 3.63) is 46.2 Å². The highest BCUT2D eigenvalue weighted by molar-refractivity contribution is 7.85. The molecule has 0 radical (unpaired) electrons. The van der Waals surface area contributed by atoms with Crippen molar-refractivity contribution >= 4 is 33.3 Å². The quantitative estimate of drug-likeness (QED) is 0.866. The van der Waals surface area contributed by atoms with Crippen LogP contribution in [0.1, 0.15) is 23.1 Å². The zero-order valence-electron chi connectivity index (χ0n) is 14.8. The smallest absolute Gasteiger partial charge is 0.323 e. The van der Waals surface area contributed by atoms with Crippen molar-refractivity contribution in [1.29, 1.82) is 0 Å². The van der Waals surface area contributed by atoms with Crippen LogP contribution in [0, 0.1) is 18.7 Å². The van der Waals surface area contributed by atoms with Crippen LogP contribution >= 0.6 is 11.3 Å². The Balaban J connectivity index is 1.68.